The quantitative estimate of drug-likeness (QED) is 0.0917. The molecule has 5 N–H and O–H groups in total. The van der Waals surface area contributed by atoms with Crippen molar-refractivity contribution >= 4 is 45.7 Å². The fraction of sp³-hybridized carbons (Fsp3) is 0.387. The van der Waals surface area contributed by atoms with E-state index in [4.69, 9.17) is 11.1 Å². The summed E-state index contributed by atoms with van der Waals surface area (Å²) < 4.78 is 37.3. The van der Waals surface area contributed by atoms with E-state index in [0.29, 0.717) is 41.2 Å². The van der Waals surface area contributed by atoms with E-state index in [1.165, 1.54) is 11.3 Å². The van der Waals surface area contributed by atoms with Crippen molar-refractivity contribution in [3.05, 3.63) is 76.3 Å². The average Bonchev–Trinajstić information content (AvgIpc) is 3.40. The maximum Gasteiger partial charge on any atom is 0.397 e. The highest BCUT2D eigenvalue weighted by atomic mass is 32.1. The molecule has 0 bridgehead atoms. The van der Waals surface area contributed by atoms with E-state index < -0.39 is 30.5 Å². The largest absolute Gasteiger partial charge is 0.397 e. The first-order chi connectivity index (χ1) is 21.4. The third kappa shape index (κ3) is 13.8. The third-order valence-electron chi connectivity index (χ3n) is 6.54. The topological polar surface area (TPSA) is 163 Å². The molecule has 45 heavy (non-hydrogen) atoms. The Hall–Kier alpha value is -4.46. The zero-order valence-corrected chi connectivity index (χ0v) is 25.6. The number of carbonyl (C=O) groups excluding carboxylic acids is 3. The first-order valence-electron chi connectivity index (χ1n) is 14.4. The van der Waals surface area contributed by atoms with Gasteiger partial charge in [-0.3, -0.25) is 14.4 Å². The van der Waals surface area contributed by atoms with Crippen molar-refractivity contribution in [3.63, 3.8) is 0 Å². The van der Waals surface area contributed by atoms with Crippen LogP contribution in [-0.2, 0) is 33.6 Å². The number of aliphatic imine (C=N–C) groups is 1. The molecule has 0 radical (unpaired) electrons. The molecule has 0 saturated heterocycles. The summed E-state index contributed by atoms with van der Waals surface area (Å²) in [7, 11) is 0. The number of nitrogens with zero attached hydrogens (tertiary/aromatic N) is 3. The van der Waals surface area contributed by atoms with E-state index in [1.54, 1.807) is 31.2 Å². The lowest BCUT2D eigenvalue weighted by molar-refractivity contribution is -0.154. The Labute approximate surface area is 263 Å². The van der Waals surface area contributed by atoms with E-state index in [9.17, 15) is 27.6 Å². The number of amides is 3. The molecule has 0 aliphatic rings. The van der Waals surface area contributed by atoms with Gasteiger partial charge in [-0.25, -0.2) is 4.99 Å². The van der Waals surface area contributed by atoms with Gasteiger partial charge in [0.1, 0.15) is 17.3 Å². The normalized spacial score (nSPS) is 12.4. The molecule has 0 aliphatic heterocycles. The summed E-state index contributed by atoms with van der Waals surface area (Å²) in [6.45, 7) is 1.56. The van der Waals surface area contributed by atoms with Crippen LogP contribution in [0.1, 0.15) is 73.2 Å². The molecule has 0 spiro atoms. The molecular weight excluding hydrogens is 607 g/mol. The van der Waals surface area contributed by atoms with E-state index in [-0.39, 0.29) is 31.0 Å². The number of aromatic nitrogens is 2. The molecule has 0 aliphatic carbocycles. The Bertz CT molecular complexity index is 1490. The molecule has 1 heterocycles. The van der Waals surface area contributed by atoms with Gasteiger partial charge in [0.25, 0.3) is 5.91 Å². The first-order valence-corrected chi connectivity index (χ1v) is 15.2. The number of carbonyl (C=O) groups is 3. The number of benzene rings is 2. The number of nitrogens with two attached hydrogens (primary N) is 1. The number of aryl methyl sites for hydroxylation is 1. The maximum atomic E-state index is 12.4. The van der Waals surface area contributed by atoms with Crippen molar-refractivity contribution in [1.29, 1.82) is 5.41 Å². The number of halogens is 3. The molecule has 14 heteroatoms. The fourth-order valence-electron chi connectivity index (χ4n) is 4.33. The zero-order valence-electron chi connectivity index (χ0n) is 24.8. The summed E-state index contributed by atoms with van der Waals surface area (Å²) in [4.78, 5) is 40.1. The highest BCUT2D eigenvalue weighted by Crippen LogP contribution is 2.21. The molecule has 1 aromatic heterocycles. The van der Waals surface area contributed by atoms with Crippen molar-refractivity contribution in [2.24, 2.45) is 10.7 Å². The minimum Gasteiger partial charge on any atom is -0.387 e. The Morgan fingerprint density at radius 3 is 2.42 bits per heavy atom. The van der Waals surface area contributed by atoms with Gasteiger partial charge in [-0.1, -0.05) is 65.9 Å². The van der Waals surface area contributed by atoms with Crippen molar-refractivity contribution in [2.45, 2.75) is 76.9 Å². The molecule has 3 rings (SSSR count). The summed E-state index contributed by atoms with van der Waals surface area (Å²) >= 11 is 1.33. The van der Waals surface area contributed by atoms with E-state index in [2.05, 4.69) is 25.8 Å². The van der Waals surface area contributed by atoms with Gasteiger partial charge in [0.15, 0.2) is 0 Å². The van der Waals surface area contributed by atoms with Crippen LogP contribution in [0.2, 0.25) is 0 Å². The van der Waals surface area contributed by atoms with Crippen LogP contribution >= 0.6 is 11.3 Å². The number of unbranched alkanes of at least 4 members (excludes halogenated alkanes) is 1. The van der Waals surface area contributed by atoms with E-state index in [0.717, 1.165) is 23.4 Å². The Kier molecular flexibility index (Phi) is 13.3. The summed E-state index contributed by atoms with van der Waals surface area (Å²) in [5.74, 6) is -1.66. The van der Waals surface area contributed by atoms with Crippen LogP contribution in [0.25, 0.3) is 0 Å². The molecule has 3 amide bonds. The highest BCUT2D eigenvalue weighted by Gasteiger charge is 2.31. The second-order valence-corrected chi connectivity index (χ2v) is 11.6. The summed E-state index contributed by atoms with van der Waals surface area (Å²) in [6.07, 6.45) is -2.55. The number of hydrogen-bond donors (Lipinski definition) is 4. The van der Waals surface area contributed by atoms with Gasteiger partial charge in [0, 0.05) is 18.6 Å². The third-order valence-corrected chi connectivity index (χ3v) is 7.43. The highest BCUT2D eigenvalue weighted by molar-refractivity contribution is 7.15. The summed E-state index contributed by atoms with van der Waals surface area (Å²) in [6, 6.07) is 15.3. The second-order valence-electron chi connectivity index (χ2n) is 10.5. The predicted molar refractivity (Wildman–Crippen MR) is 167 cm³/mol. The Morgan fingerprint density at radius 2 is 1.69 bits per heavy atom. The van der Waals surface area contributed by atoms with Gasteiger partial charge in [-0.15, -0.1) is 10.2 Å². The van der Waals surface area contributed by atoms with Crippen LogP contribution in [0, 0.1) is 5.41 Å². The van der Waals surface area contributed by atoms with Crippen LogP contribution in [0.15, 0.2) is 59.6 Å². The van der Waals surface area contributed by atoms with Crippen LogP contribution in [-0.4, -0.2) is 45.6 Å². The monoisotopic (exact) mass is 643 g/mol. The van der Waals surface area contributed by atoms with Crippen molar-refractivity contribution < 1.29 is 27.6 Å². The molecule has 1 unspecified atom stereocenters. The molecule has 0 saturated carbocycles. The van der Waals surface area contributed by atoms with Crippen LogP contribution in [0.3, 0.4) is 0 Å². The minimum atomic E-state index is -4.59. The molecule has 0 fully saturated rings. The standard InChI is InChI=1S/C31H36F3N7O3S/c1-20(37-28(44)19-31(32,33)34)23-11-7-10-22(16-23)18-26(42)38-25(36)15-14-24(35)12-5-6-13-29-40-41-30(45-29)39-27(43)17-21-8-3-2-4-9-21/h2-4,7-11,16,20,35H,5-6,12-15,17-19H2,1H3,(H,37,44)(H2,36,38,42)(H,39,41,43). The number of alkyl halides is 3. The molecule has 10 nitrogen and oxygen atoms in total. The second kappa shape index (κ2) is 17.1. The van der Waals surface area contributed by atoms with Crippen molar-refractivity contribution in [3.8, 4) is 0 Å². The lowest BCUT2D eigenvalue weighted by Gasteiger charge is -2.16. The van der Waals surface area contributed by atoms with Crippen LogP contribution in [0.5, 0.6) is 0 Å². The first kappa shape index (κ1) is 35.0. The molecule has 2 aromatic carbocycles. The number of hydrogen-bond acceptors (Lipinski definition) is 7. The van der Waals surface area contributed by atoms with Gasteiger partial charge >= 0.3 is 6.18 Å². The van der Waals surface area contributed by atoms with Gasteiger partial charge in [-0.05, 0) is 49.3 Å². The maximum absolute atomic E-state index is 12.4. The summed E-state index contributed by atoms with van der Waals surface area (Å²) in [5, 5.41) is 22.7. The predicted octanol–water partition coefficient (Wildman–Crippen LogP) is 5.49. The van der Waals surface area contributed by atoms with Crippen LogP contribution in [0.4, 0.5) is 18.3 Å². The van der Waals surface area contributed by atoms with Crippen LogP contribution < -0.4 is 16.4 Å². The minimum absolute atomic E-state index is 0.0702. The van der Waals surface area contributed by atoms with Gasteiger partial charge in [0.05, 0.1) is 18.9 Å². The molecule has 1 atom stereocenters. The molecular formula is C31H36F3N7O3S. The zero-order chi connectivity index (χ0) is 32.8. The Balaban J connectivity index is 1.33. The van der Waals surface area contributed by atoms with Crippen molar-refractivity contribution in [2.75, 3.05) is 5.32 Å². The van der Waals surface area contributed by atoms with Gasteiger partial charge in [-0.2, -0.15) is 13.2 Å². The number of amidine groups is 1. The molecule has 240 valence electrons. The number of rotatable bonds is 16. The summed E-state index contributed by atoms with van der Waals surface area (Å²) in [5.41, 5.74) is 8.45. The van der Waals surface area contributed by atoms with Gasteiger partial charge in [0.2, 0.25) is 16.9 Å². The lowest BCUT2D eigenvalue weighted by Crippen LogP contribution is -2.30. The smallest absolute Gasteiger partial charge is 0.387 e. The van der Waals surface area contributed by atoms with E-state index in [1.807, 2.05) is 30.3 Å². The van der Waals surface area contributed by atoms with E-state index >= 15 is 0 Å². The number of anilines is 1. The van der Waals surface area contributed by atoms with Gasteiger partial charge < -0.3 is 21.8 Å². The Morgan fingerprint density at radius 1 is 0.956 bits per heavy atom. The SMILES string of the molecule is CC(NC(=O)CC(F)(F)F)c1cccc(CC(=O)N=C(N)CCC(=N)CCCCc2nnc(NC(=O)Cc3ccccc3)s2)c1. The molecule has 3 aromatic rings. The number of nitrogens with one attached hydrogen (secondary N) is 3. The fourth-order valence-corrected chi connectivity index (χ4v) is 5.13. The lowest BCUT2D eigenvalue weighted by atomic mass is 10.0. The average molecular weight is 644 g/mol. The van der Waals surface area contributed by atoms with Crippen molar-refractivity contribution in [1.82, 2.24) is 15.5 Å².